The van der Waals surface area contributed by atoms with E-state index in [-0.39, 0.29) is 24.0 Å². The van der Waals surface area contributed by atoms with E-state index in [0.29, 0.717) is 6.54 Å². The van der Waals surface area contributed by atoms with E-state index in [0.717, 1.165) is 25.7 Å². The molecule has 0 aromatic heterocycles. The summed E-state index contributed by atoms with van der Waals surface area (Å²) >= 11 is 0. The summed E-state index contributed by atoms with van der Waals surface area (Å²) in [5.74, 6) is -0.206. The maximum absolute atomic E-state index is 11.6. The number of nitrogens with two attached hydrogens (primary N) is 1. The number of hydrogen-bond acceptors (Lipinski definition) is 3. The lowest BCUT2D eigenvalue weighted by molar-refractivity contribution is -0.126. The second-order valence-corrected chi connectivity index (χ2v) is 4.27. The molecule has 1 atom stereocenters. The van der Waals surface area contributed by atoms with Gasteiger partial charge in [-0.1, -0.05) is 19.8 Å². The van der Waals surface area contributed by atoms with Crippen molar-refractivity contribution in [2.24, 2.45) is 11.7 Å². The fourth-order valence-corrected chi connectivity index (χ4v) is 1.87. The van der Waals surface area contributed by atoms with Gasteiger partial charge in [0.2, 0.25) is 5.91 Å². The number of carbonyl (C=O) groups is 1. The van der Waals surface area contributed by atoms with Crippen LogP contribution in [0.25, 0.3) is 0 Å². The van der Waals surface area contributed by atoms with Crippen LogP contribution in [0.4, 0.5) is 0 Å². The van der Waals surface area contributed by atoms with Gasteiger partial charge in [-0.15, -0.1) is 0 Å². The average Bonchev–Trinajstić information content (AvgIpc) is 2.65. The highest BCUT2D eigenvalue weighted by Crippen LogP contribution is 2.29. The first-order valence-electron chi connectivity index (χ1n) is 5.26. The molecule has 1 aliphatic carbocycles. The van der Waals surface area contributed by atoms with Crippen LogP contribution in [-0.4, -0.2) is 29.7 Å². The van der Waals surface area contributed by atoms with Gasteiger partial charge in [-0.3, -0.25) is 4.79 Å². The average molecular weight is 200 g/mol. The van der Waals surface area contributed by atoms with Crippen LogP contribution in [0.2, 0.25) is 0 Å². The Morgan fingerprint density at radius 3 is 2.57 bits per heavy atom. The summed E-state index contributed by atoms with van der Waals surface area (Å²) in [6.07, 6.45) is 3.93. The molecule has 4 nitrogen and oxygen atoms in total. The largest absolute Gasteiger partial charge is 0.394 e. The second kappa shape index (κ2) is 4.75. The van der Waals surface area contributed by atoms with Crippen molar-refractivity contribution in [2.75, 3.05) is 13.2 Å². The SMILES string of the molecule is CC(CN)C(=O)NC1(CO)CCCC1. The number of rotatable bonds is 4. The highest BCUT2D eigenvalue weighted by molar-refractivity contribution is 5.79. The third-order valence-electron chi connectivity index (χ3n) is 3.05. The Labute approximate surface area is 84.9 Å². The van der Waals surface area contributed by atoms with Crippen LogP contribution in [0.1, 0.15) is 32.6 Å². The molecular formula is C10H20N2O2. The summed E-state index contributed by atoms with van der Waals surface area (Å²) in [4.78, 5) is 11.6. The van der Waals surface area contributed by atoms with E-state index in [1.54, 1.807) is 6.92 Å². The highest BCUT2D eigenvalue weighted by atomic mass is 16.3. The molecule has 4 heteroatoms. The van der Waals surface area contributed by atoms with Gasteiger partial charge in [0.25, 0.3) is 0 Å². The van der Waals surface area contributed by atoms with Crippen LogP contribution in [0.15, 0.2) is 0 Å². The Kier molecular flexibility index (Phi) is 3.89. The van der Waals surface area contributed by atoms with E-state index in [9.17, 15) is 9.90 Å². The van der Waals surface area contributed by atoms with Crippen molar-refractivity contribution < 1.29 is 9.90 Å². The second-order valence-electron chi connectivity index (χ2n) is 4.27. The van der Waals surface area contributed by atoms with Crippen LogP contribution >= 0.6 is 0 Å². The number of carbonyl (C=O) groups excluding carboxylic acids is 1. The van der Waals surface area contributed by atoms with Crippen molar-refractivity contribution in [3.63, 3.8) is 0 Å². The minimum atomic E-state index is -0.361. The van der Waals surface area contributed by atoms with E-state index in [1.165, 1.54) is 0 Å². The molecule has 0 aliphatic heterocycles. The van der Waals surface area contributed by atoms with Crippen molar-refractivity contribution in [3.05, 3.63) is 0 Å². The van der Waals surface area contributed by atoms with Crippen molar-refractivity contribution >= 4 is 5.91 Å². The Morgan fingerprint density at radius 1 is 1.57 bits per heavy atom. The molecule has 0 aromatic rings. The van der Waals surface area contributed by atoms with Gasteiger partial charge in [-0.25, -0.2) is 0 Å². The molecule has 0 saturated heterocycles. The third-order valence-corrected chi connectivity index (χ3v) is 3.05. The predicted octanol–water partition coefficient (Wildman–Crippen LogP) is 0.00250. The highest BCUT2D eigenvalue weighted by Gasteiger charge is 2.35. The quantitative estimate of drug-likeness (QED) is 0.598. The van der Waals surface area contributed by atoms with Crippen molar-refractivity contribution in [3.8, 4) is 0 Å². The molecule has 1 amide bonds. The zero-order valence-electron chi connectivity index (χ0n) is 8.75. The zero-order valence-corrected chi connectivity index (χ0v) is 8.75. The van der Waals surface area contributed by atoms with Gasteiger partial charge in [0.05, 0.1) is 12.1 Å². The molecule has 0 bridgehead atoms. The molecule has 0 spiro atoms. The number of nitrogens with one attached hydrogen (secondary N) is 1. The van der Waals surface area contributed by atoms with E-state index in [1.807, 2.05) is 0 Å². The Morgan fingerprint density at radius 2 is 2.14 bits per heavy atom. The lowest BCUT2D eigenvalue weighted by Crippen LogP contribution is -2.51. The Hall–Kier alpha value is -0.610. The molecule has 0 heterocycles. The maximum Gasteiger partial charge on any atom is 0.224 e. The van der Waals surface area contributed by atoms with Crippen molar-refractivity contribution in [1.82, 2.24) is 5.32 Å². The third kappa shape index (κ3) is 2.45. The molecule has 1 rings (SSSR count). The Balaban J connectivity index is 2.52. The number of aliphatic hydroxyl groups is 1. The van der Waals surface area contributed by atoms with Gasteiger partial charge in [-0.05, 0) is 12.8 Å². The summed E-state index contributed by atoms with van der Waals surface area (Å²) in [6.45, 7) is 2.19. The first-order valence-corrected chi connectivity index (χ1v) is 5.26. The zero-order chi connectivity index (χ0) is 10.6. The molecule has 0 radical (unpaired) electrons. The number of aliphatic hydroxyl groups excluding tert-OH is 1. The lowest BCUT2D eigenvalue weighted by atomic mass is 9.97. The van der Waals surface area contributed by atoms with Gasteiger partial charge < -0.3 is 16.2 Å². The van der Waals surface area contributed by atoms with Crippen LogP contribution in [0.5, 0.6) is 0 Å². The van der Waals surface area contributed by atoms with Gasteiger partial charge in [0.15, 0.2) is 0 Å². The maximum atomic E-state index is 11.6. The number of amides is 1. The van der Waals surface area contributed by atoms with Gasteiger partial charge in [-0.2, -0.15) is 0 Å². The monoisotopic (exact) mass is 200 g/mol. The van der Waals surface area contributed by atoms with Crippen molar-refractivity contribution in [2.45, 2.75) is 38.1 Å². The Bertz CT molecular complexity index is 200. The lowest BCUT2D eigenvalue weighted by Gasteiger charge is -2.29. The fourth-order valence-electron chi connectivity index (χ4n) is 1.87. The van der Waals surface area contributed by atoms with Crippen LogP contribution < -0.4 is 11.1 Å². The minimum Gasteiger partial charge on any atom is -0.394 e. The molecule has 1 aliphatic rings. The molecule has 82 valence electrons. The van der Waals surface area contributed by atoms with E-state index in [2.05, 4.69) is 5.32 Å². The summed E-state index contributed by atoms with van der Waals surface area (Å²) in [5.41, 5.74) is 5.05. The molecule has 1 unspecified atom stereocenters. The van der Waals surface area contributed by atoms with Crippen molar-refractivity contribution in [1.29, 1.82) is 0 Å². The first-order chi connectivity index (χ1) is 6.63. The molecule has 14 heavy (non-hydrogen) atoms. The summed E-state index contributed by atoms with van der Waals surface area (Å²) in [7, 11) is 0. The standard InChI is InChI=1S/C10H20N2O2/c1-8(6-11)9(14)12-10(7-13)4-2-3-5-10/h8,13H,2-7,11H2,1H3,(H,12,14). The molecule has 1 saturated carbocycles. The summed E-state index contributed by atoms with van der Waals surface area (Å²) in [6, 6.07) is 0. The summed E-state index contributed by atoms with van der Waals surface area (Å²) in [5, 5.41) is 12.2. The topological polar surface area (TPSA) is 75.4 Å². The van der Waals surface area contributed by atoms with Gasteiger partial charge in [0, 0.05) is 12.5 Å². The smallest absolute Gasteiger partial charge is 0.224 e. The van der Waals surface area contributed by atoms with Gasteiger partial charge in [0.1, 0.15) is 0 Å². The van der Waals surface area contributed by atoms with E-state index in [4.69, 9.17) is 5.73 Å². The number of hydrogen-bond donors (Lipinski definition) is 3. The van der Waals surface area contributed by atoms with E-state index >= 15 is 0 Å². The van der Waals surface area contributed by atoms with Crippen LogP contribution in [0.3, 0.4) is 0 Å². The molecule has 4 N–H and O–H groups in total. The first kappa shape index (κ1) is 11.5. The van der Waals surface area contributed by atoms with Crippen LogP contribution in [-0.2, 0) is 4.79 Å². The molecule has 0 aromatic carbocycles. The minimum absolute atomic E-state index is 0.0377. The normalized spacial score (nSPS) is 21.9. The molecular weight excluding hydrogens is 180 g/mol. The van der Waals surface area contributed by atoms with E-state index < -0.39 is 0 Å². The molecule has 1 fully saturated rings. The van der Waals surface area contributed by atoms with Gasteiger partial charge >= 0.3 is 0 Å². The van der Waals surface area contributed by atoms with Crippen LogP contribution in [0, 0.1) is 5.92 Å². The predicted molar refractivity (Wildman–Crippen MR) is 54.6 cm³/mol. The summed E-state index contributed by atoms with van der Waals surface area (Å²) < 4.78 is 0. The fraction of sp³-hybridized carbons (Fsp3) is 0.900.